The molecule has 0 aromatic heterocycles. The molecule has 2 unspecified atom stereocenters. The number of carbonyl (C=O) groups excluding carboxylic acids is 1. The second-order valence-corrected chi connectivity index (χ2v) is 4.75. The van der Waals surface area contributed by atoms with Crippen molar-refractivity contribution in [1.29, 1.82) is 0 Å². The summed E-state index contributed by atoms with van der Waals surface area (Å²) in [4.78, 5) is 10.2. The number of hydrogen-bond acceptors (Lipinski definition) is 2. The smallest absolute Gasteiger partial charge is 0.120 e. The molecule has 0 aliphatic carbocycles. The molecule has 0 heterocycles. The Labute approximate surface area is 94.1 Å². The molecule has 0 saturated carbocycles. The van der Waals surface area contributed by atoms with Gasteiger partial charge in [-0.25, -0.2) is 0 Å². The molecule has 0 spiro atoms. The van der Waals surface area contributed by atoms with Crippen LogP contribution in [0.15, 0.2) is 0 Å². The fraction of sp³-hybridized carbons (Fsp3) is 0.923. The van der Waals surface area contributed by atoms with Crippen LogP contribution in [-0.2, 0) is 4.79 Å². The summed E-state index contributed by atoms with van der Waals surface area (Å²) >= 11 is 0. The van der Waals surface area contributed by atoms with Crippen LogP contribution in [-0.4, -0.2) is 18.0 Å². The van der Waals surface area contributed by atoms with Crippen molar-refractivity contribution in [3.63, 3.8) is 0 Å². The van der Waals surface area contributed by atoms with E-state index in [4.69, 9.17) is 5.11 Å². The van der Waals surface area contributed by atoms with E-state index in [1.807, 2.05) is 0 Å². The molecule has 0 amide bonds. The molecule has 0 bridgehead atoms. The van der Waals surface area contributed by atoms with Crippen molar-refractivity contribution in [3.05, 3.63) is 0 Å². The van der Waals surface area contributed by atoms with E-state index in [2.05, 4.69) is 13.8 Å². The Kier molecular flexibility index (Phi) is 9.91. The topological polar surface area (TPSA) is 37.3 Å². The minimum absolute atomic E-state index is 0.320. The number of aldehydes is 1. The van der Waals surface area contributed by atoms with Gasteiger partial charge in [-0.3, -0.25) is 0 Å². The molecule has 0 rings (SSSR count). The Hall–Kier alpha value is -0.370. The maximum absolute atomic E-state index is 10.2. The van der Waals surface area contributed by atoms with Crippen LogP contribution in [0.4, 0.5) is 0 Å². The first-order valence-corrected chi connectivity index (χ1v) is 6.25. The summed E-state index contributed by atoms with van der Waals surface area (Å²) in [6.45, 7) is 4.80. The maximum Gasteiger partial charge on any atom is 0.120 e. The maximum atomic E-state index is 10.2. The van der Waals surface area contributed by atoms with Crippen molar-refractivity contribution in [2.24, 2.45) is 11.8 Å². The first-order chi connectivity index (χ1) is 7.20. The van der Waals surface area contributed by atoms with Gasteiger partial charge in [0.05, 0.1) is 0 Å². The van der Waals surface area contributed by atoms with Crippen molar-refractivity contribution in [2.75, 3.05) is 6.61 Å². The van der Waals surface area contributed by atoms with Gasteiger partial charge in [-0.15, -0.1) is 0 Å². The molecule has 15 heavy (non-hydrogen) atoms. The van der Waals surface area contributed by atoms with Gasteiger partial charge < -0.3 is 9.90 Å². The third-order valence-electron chi connectivity index (χ3n) is 3.03. The van der Waals surface area contributed by atoms with Gasteiger partial charge in [0.1, 0.15) is 6.29 Å². The zero-order valence-electron chi connectivity index (χ0n) is 10.2. The fourth-order valence-electron chi connectivity index (χ4n) is 1.90. The van der Waals surface area contributed by atoms with E-state index in [0.29, 0.717) is 18.9 Å². The van der Waals surface area contributed by atoms with Crippen LogP contribution in [0.3, 0.4) is 0 Å². The lowest BCUT2D eigenvalue weighted by molar-refractivity contribution is -0.108. The highest BCUT2D eigenvalue weighted by molar-refractivity contribution is 5.49. The van der Waals surface area contributed by atoms with Gasteiger partial charge in [0, 0.05) is 13.0 Å². The van der Waals surface area contributed by atoms with Crippen molar-refractivity contribution in [1.82, 2.24) is 0 Å². The predicted octanol–water partition coefficient (Wildman–Crippen LogP) is 3.18. The number of aliphatic hydroxyl groups excluding tert-OH is 1. The number of aliphatic hydroxyl groups is 1. The van der Waals surface area contributed by atoms with Crippen LogP contribution in [0.25, 0.3) is 0 Å². The fourth-order valence-corrected chi connectivity index (χ4v) is 1.90. The van der Waals surface area contributed by atoms with Crippen LogP contribution in [0.2, 0.25) is 0 Å². The average molecular weight is 214 g/mol. The molecular weight excluding hydrogens is 188 g/mol. The van der Waals surface area contributed by atoms with E-state index < -0.39 is 0 Å². The summed E-state index contributed by atoms with van der Waals surface area (Å²) in [6.07, 6.45) is 8.58. The molecule has 0 fully saturated rings. The molecule has 0 aliphatic rings. The van der Waals surface area contributed by atoms with Crippen molar-refractivity contribution >= 4 is 6.29 Å². The van der Waals surface area contributed by atoms with Crippen molar-refractivity contribution < 1.29 is 9.90 Å². The quantitative estimate of drug-likeness (QED) is 0.567. The van der Waals surface area contributed by atoms with E-state index in [0.717, 1.165) is 31.5 Å². The van der Waals surface area contributed by atoms with Gasteiger partial charge in [0.25, 0.3) is 0 Å². The second kappa shape index (κ2) is 10.2. The highest BCUT2D eigenvalue weighted by atomic mass is 16.2. The van der Waals surface area contributed by atoms with Crippen LogP contribution >= 0.6 is 0 Å². The van der Waals surface area contributed by atoms with Gasteiger partial charge in [0.15, 0.2) is 0 Å². The zero-order chi connectivity index (χ0) is 11.5. The Bertz CT molecular complexity index is 145. The number of hydrogen-bond donors (Lipinski definition) is 1. The van der Waals surface area contributed by atoms with E-state index >= 15 is 0 Å². The Morgan fingerprint density at radius 2 is 1.53 bits per heavy atom. The number of carbonyl (C=O) groups is 1. The van der Waals surface area contributed by atoms with Crippen LogP contribution < -0.4 is 0 Å². The second-order valence-electron chi connectivity index (χ2n) is 4.75. The highest BCUT2D eigenvalue weighted by Gasteiger charge is 2.05. The van der Waals surface area contributed by atoms with Crippen LogP contribution in [0.5, 0.6) is 0 Å². The normalized spacial score (nSPS) is 14.9. The molecule has 0 aromatic carbocycles. The molecule has 0 aliphatic heterocycles. The SMILES string of the molecule is CC(CCC=O)CCCC(C)CCCO. The molecule has 2 nitrogen and oxygen atoms in total. The molecule has 0 saturated heterocycles. The van der Waals surface area contributed by atoms with Gasteiger partial charge in [-0.2, -0.15) is 0 Å². The van der Waals surface area contributed by atoms with E-state index in [-0.39, 0.29) is 0 Å². The lowest BCUT2D eigenvalue weighted by atomic mass is 9.94. The predicted molar refractivity (Wildman–Crippen MR) is 63.8 cm³/mol. The van der Waals surface area contributed by atoms with E-state index in [1.165, 1.54) is 19.3 Å². The Balaban J connectivity index is 3.31. The van der Waals surface area contributed by atoms with Crippen molar-refractivity contribution in [3.8, 4) is 0 Å². The summed E-state index contributed by atoms with van der Waals surface area (Å²) in [7, 11) is 0. The van der Waals surface area contributed by atoms with Crippen LogP contribution in [0.1, 0.15) is 58.8 Å². The number of rotatable bonds is 10. The summed E-state index contributed by atoms with van der Waals surface area (Å²) in [5, 5.41) is 8.69. The van der Waals surface area contributed by atoms with E-state index in [1.54, 1.807) is 0 Å². The molecule has 2 heteroatoms. The minimum atomic E-state index is 0.320. The third-order valence-corrected chi connectivity index (χ3v) is 3.03. The van der Waals surface area contributed by atoms with Crippen LogP contribution in [0, 0.1) is 11.8 Å². The molecule has 2 atom stereocenters. The zero-order valence-corrected chi connectivity index (χ0v) is 10.2. The lowest BCUT2D eigenvalue weighted by Gasteiger charge is -2.13. The Morgan fingerprint density at radius 1 is 1.00 bits per heavy atom. The summed E-state index contributed by atoms with van der Waals surface area (Å²) in [5.74, 6) is 1.41. The summed E-state index contributed by atoms with van der Waals surface area (Å²) < 4.78 is 0. The van der Waals surface area contributed by atoms with Gasteiger partial charge in [-0.05, 0) is 31.1 Å². The summed E-state index contributed by atoms with van der Waals surface area (Å²) in [5.41, 5.74) is 0. The minimum Gasteiger partial charge on any atom is -0.396 e. The van der Waals surface area contributed by atoms with Gasteiger partial charge in [-0.1, -0.05) is 33.1 Å². The largest absolute Gasteiger partial charge is 0.396 e. The third kappa shape index (κ3) is 9.92. The molecule has 0 radical (unpaired) electrons. The Morgan fingerprint density at radius 3 is 2.07 bits per heavy atom. The van der Waals surface area contributed by atoms with E-state index in [9.17, 15) is 4.79 Å². The van der Waals surface area contributed by atoms with Gasteiger partial charge >= 0.3 is 0 Å². The molecule has 90 valence electrons. The average Bonchev–Trinajstić information content (AvgIpc) is 2.23. The first-order valence-electron chi connectivity index (χ1n) is 6.25. The van der Waals surface area contributed by atoms with Gasteiger partial charge in [0.2, 0.25) is 0 Å². The van der Waals surface area contributed by atoms with Crippen molar-refractivity contribution in [2.45, 2.75) is 58.8 Å². The monoisotopic (exact) mass is 214 g/mol. The standard InChI is InChI=1S/C13H26O2/c1-12(8-4-10-14)6-3-7-13(2)9-5-11-15/h10,12-13,15H,3-9,11H2,1-2H3. The highest BCUT2D eigenvalue weighted by Crippen LogP contribution is 2.18. The summed E-state index contributed by atoms with van der Waals surface area (Å²) in [6, 6.07) is 0. The molecule has 0 aromatic rings. The molecular formula is C13H26O2. The first kappa shape index (κ1) is 14.6. The molecule has 1 N–H and O–H groups in total. The lowest BCUT2D eigenvalue weighted by Crippen LogP contribution is -2.00.